The molecule has 1 atom stereocenters. The third-order valence-corrected chi connectivity index (χ3v) is 6.76. The van der Waals surface area contributed by atoms with E-state index in [1.807, 2.05) is 25.1 Å². The number of aldehydes is 1. The summed E-state index contributed by atoms with van der Waals surface area (Å²) in [5, 5.41) is 6.54. The fourth-order valence-corrected chi connectivity index (χ4v) is 4.63. The summed E-state index contributed by atoms with van der Waals surface area (Å²) in [7, 11) is 3.01. The molecule has 1 saturated carbocycles. The summed E-state index contributed by atoms with van der Waals surface area (Å²) >= 11 is 6.44. The molecule has 0 unspecified atom stereocenters. The van der Waals surface area contributed by atoms with Crippen molar-refractivity contribution in [3.05, 3.63) is 52.2 Å². The molecule has 2 aromatic rings. The molecule has 8 nitrogen and oxygen atoms in total. The number of hydrogen-bond acceptors (Lipinski definition) is 7. The molecule has 2 N–H and O–H groups in total. The molecule has 1 amide bonds. The molecular formula is C26H32ClN3O5. The molecule has 1 heterocycles. The number of nitrogens with zero attached hydrogens (tertiary/aromatic N) is 1. The smallest absolute Gasteiger partial charge is 0.308 e. The van der Waals surface area contributed by atoms with Crippen molar-refractivity contribution in [2.24, 2.45) is 11.8 Å². The minimum Gasteiger partial charge on any atom is -0.496 e. The summed E-state index contributed by atoms with van der Waals surface area (Å²) in [6.45, 7) is 2.48. The van der Waals surface area contributed by atoms with Gasteiger partial charge in [-0.25, -0.2) is 4.98 Å². The SMILES string of the molecule is COc1ccc(CC=O)cc1[C@H](C)Nc1ncc(C(=O)NC[C@H]2CC[C@H](C(=O)OC)CC2)cc1Cl. The van der Waals surface area contributed by atoms with Crippen molar-refractivity contribution in [3.8, 4) is 5.75 Å². The molecular weight excluding hydrogens is 470 g/mol. The van der Waals surface area contributed by atoms with Crippen LogP contribution in [-0.4, -0.2) is 43.9 Å². The van der Waals surface area contributed by atoms with Gasteiger partial charge in [-0.05, 0) is 62.3 Å². The number of anilines is 1. The zero-order chi connectivity index (χ0) is 25.4. The van der Waals surface area contributed by atoms with Gasteiger partial charge in [-0.2, -0.15) is 0 Å². The van der Waals surface area contributed by atoms with Gasteiger partial charge in [0.1, 0.15) is 17.9 Å². The quantitative estimate of drug-likeness (QED) is 0.368. The Labute approximate surface area is 210 Å². The number of nitrogens with one attached hydrogen (secondary N) is 2. The second-order valence-electron chi connectivity index (χ2n) is 8.82. The lowest BCUT2D eigenvalue weighted by atomic mass is 9.82. The molecule has 1 aromatic heterocycles. The highest BCUT2D eigenvalue weighted by molar-refractivity contribution is 6.33. The van der Waals surface area contributed by atoms with Crippen LogP contribution in [0.5, 0.6) is 5.75 Å². The molecule has 9 heteroatoms. The van der Waals surface area contributed by atoms with Crippen molar-refractivity contribution >= 4 is 35.6 Å². The van der Waals surface area contributed by atoms with Gasteiger partial charge in [0.15, 0.2) is 0 Å². The number of esters is 1. The van der Waals surface area contributed by atoms with Crippen molar-refractivity contribution < 1.29 is 23.9 Å². The molecule has 0 saturated heterocycles. The molecule has 3 rings (SSSR count). The van der Waals surface area contributed by atoms with Crippen LogP contribution < -0.4 is 15.4 Å². The van der Waals surface area contributed by atoms with Gasteiger partial charge in [0, 0.05) is 24.7 Å². The van der Waals surface area contributed by atoms with Crippen LogP contribution in [0.3, 0.4) is 0 Å². The second kappa shape index (κ2) is 12.5. The first kappa shape index (κ1) is 26.5. The van der Waals surface area contributed by atoms with Crippen LogP contribution in [0.4, 0.5) is 5.82 Å². The van der Waals surface area contributed by atoms with Crippen LogP contribution in [0.25, 0.3) is 0 Å². The fraction of sp³-hybridized carbons (Fsp3) is 0.462. The van der Waals surface area contributed by atoms with E-state index in [4.69, 9.17) is 21.1 Å². The first-order valence-corrected chi connectivity index (χ1v) is 12.1. The lowest BCUT2D eigenvalue weighted by Gasteiger charge is -2.27. The number of hydrogen-bond donors (Lipinski definition) is 2. The van der Waals surface area contributed by atoms with Gasteiger partial charge < -0.3 is 24.9 Å². The minimum atomic E-state index is -0.239. The minimum absolute atomic E-state index is 0.0372. The molecule has 0 aliphatic heterocycles. The number of halogens is 1. The maximum absolute atomic E-state index is 12.6. The lowest BCUT2D eigenvalue weighted by Crippen LogP contribution is -2.32. The summed E-state index contributed by atoms with van der Waals surface area (Å²) in [5.74, 6) is 1.03. The standard InChI is InChI=1S/C26H32ClN3O5/c1-16(21-12-17(10-11-31)6-9-23(21)34-2)30-24-22(27)13-20(15-28-24)25(32)29-14-18-4-7-19(8-5-18)26(33)35-3/h6,9,11-13,15-16,18-19H,4-5,7-8,10,14H2,1-3H3,(H,28,30)(H,29,32)/t16-,18-,19-/m0/s1. The lowest BCUT2D eigenvalue weighted by molar-refractivity contribution is -0.146. The molecule has 1 aromatic carbocycles. The Kier molecular flexibility index (Phi) is 9.48. The van der Waals surface area contributed by atoms with Gasteiger partial charge in [-0.15, -0.1) is 0 Å². The monoisotopic (exact) mass is 501 g/mol. The maximum Gasteiger partial charge on any atom is 0.308 e. The van der Waals surface area contributed by atoms with Crippen LogP contribution in [-0.2, 0) is 20.7 Å². The zero-order valence-electron chi connectivity index (χ0n) is 20.3. The fourth-order valence-electron chi connectivity index (χ4n) is 4.40. The van der Waals surface area contributed by atoms with Gasteiger partial charge >= 0.3 is 5.97 Å². The summed E-state index contributed by atoms with van der Waals surface area (Å²) < 4.78 is 10.3. The van der Waals surface area contributed by atoms with E-state index in [2.05, 4.69) is 15.6 Å². The predicted molar refractivity (Wildman–Crippen MR) is 134 cm³/mol. The van der Waals surface area contributed by atoms with Crippen LogP contribution in [0.15, 0.2) is 30.5 Å². The van der Waals surface area contributed by atoms with Gasteiger partial charge in [0.05, 0.1) is 36.8 Å². The van der Waals surface area contributed by atoms with Gasteiger partial charge in [0.25, 0.3) is 5.91 Å². The average molecular weight is 502 g/mol. The van der Waals surface area contributed by atoms with E-state index in [-0.39, 0.29) is 23.8 Å². The van der Waals surface area contributed by atoms with E-state index in [9.17, 15) is 14.4 Å². The summed E-state index contributed by atoms with van der Waals surface area (Å²) in [4.78, 5) is 39.6. The van der Waals surface area contributed by atoms with E-state index in [1.165, 1.54) is 13.3 Å². The van der Waals surface area contributed by atoms with Gasteiger partial charge in [-0.3, -0.25) is 9.59 Å². The first-order chi connectivity index (χ1) is 16.9. The molecule has 1 aliphatic carbocycles. The Balaban J connectivity index is 1.58. The number of rotatable bonds is 10. The van der Waals surface area contributed by atoms with Crippen LogP contribution in [0.1, 0.15) is 60.1 Å². The molecule has 0 spiro atoms. The molecule has 1 fully saturated rings. The molecule has 0 radical (unpaired) electrons. The van der Waals surface area contributed by atoms with Crippen molar-refractivity contribution in [1.82, 2.24) is 10.3 Å². The largest absolute Gasteiger partial charge is 0.496 e. The summed E-state index contributed by atoms with van der Waals surface area (Å²) in [5.41, 5.74) is 2.13. The predicted octanol–water partition coefficient (Wildman–Crippen LogP) is 4.37. The topological polar surface area (TPSA) is 107 Å². The Hall–Kier alpha value is -3.13. The zero-order valence-corrected chi connectivity index (χ0v) is 21.1. The van der Waals surface area contributed by atoms with Crippen molar-refractivity contribution in [3.63, 3.8) is 0 Å². The Morgan fingerprint density at radius 3 is 2.57 bits per heavy atom. The van der Waals surface area contributed by atoms with E-state index >= 15 is 0 Å². The van der Waals surface area contributed by atoms with Crippen molar-refractivity contribution in [2.45, 2.75) is 45.1 Å². The number of carbonyl (C=O) groups is 3. The van der Waals surface area contributed by atoms with Gasteiger partial charge in [0.2, 0.25) is 0 Å². The Morgan fingerprint density at radius 2 is 1.94 bits per heavy atom. The third-order valence-electron chi connectivity index (χ3n) is 6.47. The number of carbonyl (C=O) groups excluding carboxylic acids is 3. The highest BCUT2D eigenvalue weighted by atomic mass is 35.5. The first-order valence-electron chi connectivity index (χ1n) is 11.7. The molecule has 0 bridgehead atoms. The van der Waals surface area contributed by atoms with Crippen molar-refractivity contribution in [2.75, 3.05) is 26.1 Å². The summed E-state index contributed by atoms with van der Waals surface area (Å²) in [6.07, 6.45) is 5.97. The summed E-state index contributed by atoms with van der Waals surface area (Å²) in [6, 6.07) is 6.98. The van der Waals surface area contributed by atoms with E-state index in [0.717, 1.165) is 43.1 Å². The van der Waals surface area contributed by atoms with Gasteiger partial charge in [-0.1, -0.05) is 17.7 Å². The third kappa shape index (κ3) is 6.94. The number of ether oxygens (including phenoxy) is 2. The van der Waals surface area contributed by atoms with E-state index < -0.39 is 0 Å². The van der Waals surface area contributed by atoms with E-state index in [1.54, 1.807) is 13.2 Å². The number of methoxy groups -OCH3 is 2. The highest BCUT2D eigenvalue weighted by Crippen LogP contribution is 2.31. The second-order valence-corrected chi connectivity index (χ2v) is 9.23. The average Bonchev–Trinajstić information content (AvgIpc) is 2.88. The van der Waals surface area contributed by atoms with Crippen LogP contribution in [0.2, 0.25) is 5.02 Å². The molecule has 188 valence electrons. The maximum atomic E-state index is 12.6. The van der Waals surface area contributed by atoms with Crippen LogP contribution in [0, 0.1) is 11.8 Å². The Bertz CT molecular complexity index is 1050. The van der Waals surface area contributed by atoms with Crippen molar-refractivity contribution in [1.29, 1.82) is 0 Å². The number of benzene rings is 1. The number of amides is 1. The van der Waals surface area contributed by atoms with E-state index in [0.29, 0.717) is 41.0 Å². The molecule has 35 heavy (non-hydrogen) atoms. The number of pyridine rings is 1. The Morgan fingerprint density at radius 1 is 1.20 bits per heavy atom. The highest BCUT2D eigenvalue weighted by Gasteiger charge is 2.27. The van der Waals surface area contributed by atoms with Crippen LogP contribution >= 0.6 is 11.6 Å². The number of aromatic nitrogens is 1. The molecule has 1 aliphatic rings. The normalized spacial score (nSPS) is 18.3.